The SMILES string of the molecule is COc1ccc(OC)c([C@@H]2/C(=C(\O)c3ccc(OC)c(C)c3)C(=O)C(=O)N2CCCN2CCOCC2)c1. The Labute approximate surface area is 217 Å². The van der Waals surface area contributed by atoms with Crippen LogP contribution in [0.2, 0.25) is 0 Å². The fraction of sp³-hybridized carbons (Fsp3) is 0.429. The van der Waals surface area contributed by atoms with E-state index >= 15 is 0 Å². The van der Waals surface area contributed by atoms with Crippen molar-refractivity contribution in [3.05, 3.63) is 58.7 Å². The number of hydrogen-bond donors (Lipinski definition) is 1. The van der Waals surface area contributed by atoms with Crippen LogP contribution in [0.5, 0.6) is 17.2 Å². The van der Waals surface area contributed by atoms with Gasteiger partial charge in [0.1, 0.15) is 23.0 Å². The lowest BCUT2D eigenvalue weighted by atomic mass is 9.94. The first-order valence-corrected chi connectivity index (χ1v) is 12.3. The minimum Gasteiger partial charge on any atom is -0.507 e. The fourth-order valence-electron chi connectivity index (χ4n) is 4.96. The van der Waals surface area contributed by atoms with Gasteiger partial charge in [-0.2, -0.15) is 0 Å². The number of amides is 1. The van der Waals surface area contributed by atoms with Crippen molar-refractivity contribution in [3.63, 3.8) is 0 Å². The van der Waals surface area contributed by atoms with Crippen LogP contribution in [0.4, 0.5) is 0 Å². The molecule has 1 amide bonds. The Morgan fingerprint density at radius 1 is 0.973 bits per heavy atom. The van der Waals surface area contributed by atoms with Crippen molar-refractivity contribution in [2.75, 3.05) is 60.7 Å². The molecule has 2 aromatic rings. The number of carbonyl (C=O) groups is 2. The van der Waals surface area contributed by atoms with Gasteiger partial charge < -0.3 is 29.0 Å². The third-order valence-electron chi connectivity index (χ3n) is 6.92. The number of methoxy groups -OCH3 is 3. The maximum atomic E-state index is 13.4. The Morgan fingerprint density at radius 2 is 1.68 bits per heavy atom. The van der Waals surface area contributed by atoms with Gasteiger partial charge in [-0.1, -0.05) is 0 Å². The van der Waals surface area contributed by atoms with E-state index in [1.54, 1.807) is 50.6 Å². The Morgan fingerprint density at radius 3 is 2.32 bits per heavy atom. The van der Waals surface area contributed by atoms with Gasteiger partial charge in [-0.3, -0.25) is 14.5 Å². The number of aliphatic hydroxyl groups excluding tert-OH is 1. The number of benzene rings is 2. The van der Waals surface area contributed by atoms with Gasteiger partial charge in [-0.15, -0.1) is 0 Å². The van der Waals surface area contributed by atoms with Crippen LogP contribution in [0.25, 0.3) is 5.76 Å². The largest absolute Gasteiger partial charge is 0.507 e. The van der Waals surface area contributed by atoms with E-state index in [4.69, 9.17) is 18.9 Å². The number of aliphatic hydroxyl groups is 1. The van der Waals surface area contributed by atoms with Crippen molar-refractivity contribution < 1.29 is 33.6 Å². The molecule has 0 saturated carbocycles. The van der Waals surface area contributed by atoms with Crippen LogP contribution in [0.3, 0.4) is 0 Å². The molecule has 9 heteroatoms. The summed E-state index contributed by atoms with van der Waals surface area (Å²) in [6.07, 6.45) is 0.664. The molecule has 0 spiro atoms. The monoisotopic (exact) mass is 510 g/mol. The van der Waals surface area contributed by atoms with Gasteiger partial charge in [0.2, 0.25) is 0 Å². The highest BCUT2D eigenvalue weighted by molar-refractivity contribution is 6.46. The number of rotatable bonds is 9. The third kappa shape index (κ3) is 5.42. The maximum Gasteiger partial charge on any atom is 0.295 e. The van der Waals surface area contributed by atoms with Gasteiger partial charge in [-0.05, 0) is 55.3 Å². The zero-order valence-electron chi connectivity index (χ0n) is 21.8. The highest BCUT2D eigenvalue weighted by atomic mass is 16.5. The van der Waals surface area contributed by atoms with E-state index in [0.717, 1.165) is 25.2 Å². The topological polar surface area (TPSA) is 97.8 Å². The van der Waals surface area contributed by atoms with Crippen LogP contribution in [-0.2, 0) is 14.3 Å². The molecule has 1 atom stereocenters. The molecule has 0 bridgehead atoms. The summed E-state index contributed by atoms with van der Waals surface area (Å²) in [6, 6.07) is 9.53. The molecule has 1 N–H and O–H groups in total. The maximum absolute atomic E-state index is 13.4. The van der Waals surface area contributed by atoms with Crippen molar-refractivity contribution in [2.45, 2.75) is 19.4 Å². The average molecular weight is 511 g/mol. The molecule has 9 nitrogen and oxygen atoms in total. The number of likely N-dealkylation sites (tertiary alicyclic amines) is 1. The number of nitrogens with zero attached hydrogens (tertiary/aromatic N) is 2. The molecule has 2 aliphatic rings. The summed E-state index contributed by atoms with van der Waals surface area (Å²) < 4.78 is 21.8. The van der Waals surface area contributed by atoms with E-state index in [1.165, 1.54) is 12.0 Å². The minimum atomic E-state index is -0.836. The van der Waals surface area contributed by atoms with E-state index in [9.17, 15) is 14.7 Å². The van der Waals surface area contributed by atoms with E-state index in [-0.39, 0.29) is 11.3 Å². The van der Waals surface area contributed by atoms with Crippen molar-refractivity contribution >= 4 is 17.4 Å². The summed E-state index contributed by atoms with van der Waals surface area (Å²) in [5.74, 6) is 0.0781. The Bertz CT molecular complexity index is 1190. The molecule has 37 heavy (non-hydrogen) atoms. The molecule has 198 valence electrons. The number of aryl methyl sites for hydroxylation is 1. The lowest BCUT2D eigenvalue weighted by Crippen LogP contribution is -2.39. The molecule has 2 aliphatic heterocycles. The van der Waals surface area contributed by atoms with E-state index in [2.05, 4.69) is 4.90 Å². The number of hydrogen-bond acceptors (Lipinski definition) is 8. The molecular weight excluding hydrogens is 476 g/mol. The quantitative estimate of drug-likeness (QED) is 0.312. The first kappa shape index (κ1) is 26.5. The lowest BCUT2D eigenvalue weighted by molar-refractivity contribution is -0.140. The van der Waals surface area contributed by atoms with Crippen LogP contribution in [0, 0.1) is 6.92 Å². The van der Waals surface area contributed by atoms with Gasteiger partial charge in [0.25, 0.3) is 11.7 Å². The minimum absolute atomic E-state index is 0.0208. The number of ketones is 1. The molecule has 2 heterocycles. The smallest absolute Gasteiger partial charge is 0.295 e. The van der Waals surface area contributed by atoms with E-state index in [1.807, 2.05) is 6.92 Å². The standard InChI is InChI=1S/C28H34N2O7/c1-18-16-19(6-8-22(18)35-3)26(31)24-25(21-17-20(34-2)7-9-23(21)36-4)30(28(33)27(24)32)11-5-10-29-12-14-37-15-13-29/h6-9,16-17,25,31H,5,10-15H2,1-4H3/b26-24+/t25-/m1/s1. The molecular formula is C28H34N2O7. The summed E-state index contributed by atoms with van der Waals surface area (Å²) >= 11 is 0. The highest BCUT2D eigenvalue weighted by Gasteiger charge is 2.47. The summed E-state index contributed by atoms with van der Waals surface area (Å²) in [7, 11) is 4.65. The molecule has 0 unspecified atom stereocenters. The van der Waals surface area contributed by atoms with Gasteiger partial charge in [-0.25, -0.2) is 0 Å². The Kier molecular flexibility index (Phi) is 8.35. The van der Waals surface area contributed by atoms with Crippen LogP contribution in [0.1, 0.15) is 29.2 Å². The molecule has 2 saturated heterocycles. The van der Waals surface area contributed by atoms with Gasteiger partial charge in [0, 0.05) is 37.3 Å². The third-order valence-corrected chi connectivity index (χ3v) is 6.92. The first-order chi connectivity index (χ1) is 17.9. The second-order valence-electron chi connectivity index (χ2n) is 9.09. The van der Waals surface area contributed by atoms with Gasteiger partial charge >= 0.3 is 0 Å². The Balaban J connectivity index is 1.77. The number of ether oxygens (including phenoxy) is 4. The zero-order valence-corrected chi connectivity index (χ0v) is 21.8. The van der Waals surface area contributed by atoms with Crippen molar-refractivity contribution in [1.82, 2.24) is 9.80 Å². The second kappa shape index (κ2) is 11.7. The van der Waals surface area contributed by atoms with E-state index in [0.29, 0.717) is 54.6 Å². The Hall–Kier alpha value is -3.56. The highest BCUT2D eigenvalue weighted by Crippen LogP contribution is 2.44. The molecule has 4 rings (SSSR count). The van der Waals surface area contributed by atoms with Crippen LogP contribution >= 0.6 is 0 Å². The summed E-state index contributed by atoms with van der Waals surface area (Å²) in [5.41, 5.74) is 1.81. The molecule has 2 aromatic carbocycles. The molecule has 0 aliphatic carbocycles. The van der Waals surface area contributed by atoms with Crippen molar-refractivity contribution in [1.29, 1.82) is 0 Å². The number of morpholine rings is 1. The molecule has 0 radical (unpaired) electrons. The first-order valence-electron chi connectivity index (χ1n) is 12.3. The lowest BCUT2D eigenvalue weighted by Gasteiger charge is -2.29. The number of carbonyl (C=O) groups excluding carboxylic acids is 2. The molecule has 0 aromatic heterocycles. The summed E-state index contributed by atoms with van der Waals surface area (Å²) in [6.45, 7) is 6.00. The number of Topliss-reactive ketones (excluding diaryl/α,β-unsaturated/α-hetero) is 1. The van der Waals surface area contributed by atoms with Gasteiger partial charge in [0.05, 0.1) is 46.2 Å². The fourth-order valence-corrected chi connectivity index (χ4v) is 4.96. The molecule has 2 fully saturated rings. The van der Waals surface area contributed by atoms with Crippen LogP contribution in [0.15, 0.2) is 42.0 Å². The van der Waals surface area contributed by atoms with Crippen LogP contribution in [-0.4, -0.2) is 87.3 Å². The van der Waals surface area contributed by atoms with Crippen molar-refractivity contribution in [2.24, 2.45) is 0 Å². The summed E-state index contributed by atoms with van der Waals surface area (Å²) in [5, 5.41) is 11.4. The average Bonchev–Trinajstić information content (AvgIpc) is 3.17. The second-order valence-corrected chi connectivity index (χ2v) is 9.09. The van der Waals surface area contributed by atoms with Gasteiger partial charge in [0.15, 0.2) is 0 Å². The predicted molar refractivity (Wildman–Crippen MR) is 138 cm³/mol. The van der Waals surface area contributed by atoms with Crippen molar-refractivity contribution in [3.8, 4) is 17.2 Å². The normalized spacial score (nSPS) is 19.8. The zero-order chi connectivity index (χ0) is 26.5. The predicted octanol–water partition coefficient (Wildman–Crippen LogP) is 3.16. The van der Waals surface area contributed by atoms with E-state index < -0.39 is 17.7 Å². The summed E-state index contributed by atoms with van der Waals surface area (Å²) in [4.78, 5) is 30.6. The van der Waals surface area contributed by atoms with Crippen LogP contribution < -0.4 is 14.2 Å².